The molecule has 4 rings (SSSR count). The predicted molar refractivity (Wildman–Crippen MR) is 132 cm³/mol. The van der Waals surface area contributed by atoms with Crippen LogP contribution in [0.3, 0.4) is 0 Å². The van der Waals surface area contributed by atoms with Crippen LogP contribution < -0.4 is 10.1 Å². The summed E-state index contributed by atoms with van der Waals surface area (Å²) in [7, 11) is 0. The van der Waals surface area contributed by atoms with E-state index in [0.29, 0.717) is 45.6 Å². The molecule has 7 heteroatoms. The number of nitrogens with zero attached hydrogens (tertiary/aromatic N) is 3. The second-order valence-electron chi connectivity index (χ2n) is 10.0. The smallest absolute Gasteiger partial charge is 0.242 e. The van der Waals surface area contributed by atoms with Gasteiger partial charge in [0.15, 0.2) is 0 Å². The maximum atomic E-state index is 13.3. The van der Waals surface area contributed by atoms with Crippen molar-refractivity contribution < 1.29 is 14.3 Å². The monoisotopic (exact) mass is 466 g/mol. The highest BCUT2D eigenvalue weighted by molar-refractivity contribution is 5.83. The van der Waals surface area contributed by atoms with Gasteiger partial charge in [-0.05, 0) is 43.7 Å². The number of carbonyl (C=O) groups excluding carboxylic acids is 2. The SMILES string of the molecule is CC(C)c1nccn1CC(=O)N1CCC2(CCCCCc3ccccc3OCCNC2=O)CC1. The molecular weight excluding hydrogens is 428 g/mol. The highest BCUT2D eigenvalue weighted by Crippen LogP contribution is 2.37. The number of likely N-dealkylation sites (tertiary alicyclic amines) is 1. The number of piperidine rings is 1. The van der Waals surface area contributed by atoms with Gasteiger partial charge in [0.05, 0.1) is 12.0 Å². The lowest BCUT2D eigenvalue weighted by Gasteiger charge is -2.41. The molecule has 1 aromatic carbocycles. The third-order valence-corrected chi connectivity index (χ3v) is 7.34. The van der Waals surface area contributed by atoms with Crippen LogP contribution in [-0.4, -0.2) is 52.5 Å². The molecule has 184 valence electrons. The molecule has 1 saturated heterocycles. The lowest BCUT2D eigenvalue weighted by Crippen LogP contribution is -2.51. The van der Waals surface area contributed by atoms with Gasteiger partial charge in [-0.15, -0.1) is 0 Å². The van der Waals surface area contributed by atoms with E-state index in [4.69, 9.17) is 4.74 Å². The number of fused-ring (bicyclic) bond motifs is 1. The number of para-hydroxylation sites is 1. The minimum atomic E-state index is -0.393. The summed E-state index contributed by atoms with van der Waals surface area (Å²) >= 11 is 0. The fourth-order valence-corrected chi connectivity index (χ4v) is 5.30. The maximum Gasteiger partial charge on any atom is 0.242 e. The molecule has 2 amide bonds. The van der Waals surface area contributed by atoms with Crippen LogP contribution in [-0.2, 0) is 22.6 Å². The number of hydrogen-bond acceptors (Lipinski definition) is 4. The highest BCUT2D eigenvalue weighted by Gasteiger charge is 2.41. The van der Waals surface area contributed by atoms with Gasteiger partial charge in [-0.25, -0.2) is 4.98 Å². The number of nitrogens with one attached hydrogen (secondary N) is 1. The molecule has 0 atom stereocenters. The van der Waals surface area contributed by atoms with Gasteiger partial charge in [-0.3, -0.25) is 9.59 Å². The molecule has 1 fully saturated rings. The van der Waals surface area contributed by atoms with Crippen LogP contribution in [0.5, 0.6) is 5.75 Å². The first-order valence-corrected chi connectivity index (χ1v) is 12.8. The number of aryl methyl sites for hydroxylation is 1. The van der Waals surface area contributed by atoms with Gasteiger partial charge >= 0.3 is 0 Å². The Hall–Kier alpha value is -2.83. The normalized spacial score (nSPS) is 19.4. The first-order valence-electron chi connectivity index (χ1n) is 12.8. The molecule has 0 saturated carbocycles. The van der Waals surface area contributed by atoms with Crippen molar-refractivity contribution in [2.75, 3.05) is 26.2 Å². The van der Waals surface area contributed by atoms with E-state index in [2.05, 4.69) is 36.3 Å². The van der Waals surface area contributed by atoms with E-state index in [1.807, 2.05) is 27.8 Å². The third kappa shape index (κ3) is 5.62. The van der Waals surface area contributed by atoms with E-state index in [-0.39, 0.29) is 17.7 Å². The summed E-state index contributed by atoms with van der Waals surface area (Å²) < 4.78 is 7.92. The Morgan fingerprint density at radius 2 is 1.94 bits per heavy atom. The molecule has 7 nitrogen and oxygen atoms in total. The molecule has 34 heavy (non-hydrogen) atoms. The fraction of sp³-hybridized carbons (Fsp3) is 0.593. The van der Waals surface area contributed by atoms with E-state index >= 15 is 0 Å². The van der Waals surface area contributed by atoms with Gasteiger partial charge in [0.2, 0.25) is 11.8 Å². The third-order valence-electron chi connectivity index (χ3n) is 7.34. The Labute approximate surface area is 202 Å². The van der Waals surface area contributed by atoms with Gasteiger partial charge in [0.1, 0.15) is 24.7 Å². The summed E-state index contributed by atoms with van der Waals surface area (Å²) in [6.45, 7) is 6.69. The fourth-order valence-electron chi connectivity index (χ4n) is 5.30. The highest BCUT2D eigenvalue weighted by atomic mass is 16.5. The molecule has 0 radical (unpaired) electrons. The van der Waals surface area contributed by atoms with Crippen LogP contribution in [0.15, 0.2) is 36.7 Å². The Kier molecular flexibility index (Phi) is 7.91. The lowest BCUT2D eigenvalue weighted by atomic mass is 9.73. The van der Waals surface area contributed by atoms with Crippen LogP contribution in [0.2, 0.25) is 0 Å². The van der Waals surface area contributed by atoms with E-state index in [1.54, 1.807) is 6.20 Å². The van der Waals surface area contributed by atoms with Crippen molar-refractivity contribution in [1.82, 2.24) is 19.8 Å². The zero-order valence-electron chi connectivity index (χ0n) is 20.6. The Balaban J connectivity index is 1.36. The number of aromatic nitrogens is 2. The maximum absolute atomic E-state index is 13.3. The van der Waals surface area contributed by atoms with Gasteiger partial charge in [-0.1, -0.05) is 44.9 Å². The van der Waals surface area contributed by atoms with Crippen molar-refractivity contribution in [3.05, 3.63) is 48.0 Å². The van der Waals surface area contributed by atoms with Gasteiger partial charge < -0.3 is 19.5 Å². The van der Waals surface area contributed by atoms with E-state index in [0.717, 1.165) is 43.7 Å². The molecule has 0 bridgehead atoms. The van der Waals surface area contributed by atoms with Crippen molar-refractivity contribution in [2.45, 2.75) is 71.3 Å². The molecular formula is C27H38N4O3. The Morgan fingerprint density at radius 3 is 2.74 bits per heavy atom. The molecule has 2 aliphatic heterocycles. The molecule has 0 unspecified atom stereocenters. The van der Waals surface area contributed by atoms with E-state index in [9.17, 15) is 9.59 Å². The zero-order chi connectivity index (χ0) is 24.0. The Morgan fingerprint density at radius 1 is 1.15 bits per heavy atom. The predicted octanol–water partition coefficient (Wildman–Crippen LogP) is 3.93. The Bertz CT molecular complexity index is 976. The van der Waals surface area contributed by atoms with Crippen LogP contribution in [0, 0.1) is 5.41 Å². The summed E-state index contributed by atoms with van der Waals surface area (Å²) in [4.78, 5) is 32.6. The molecule has 0 aliphatic carbocycles. The van der Waals surface area contributed by atoms with Crippen molar-refractivity contribution in [3.8, 4) is 5.75 Å². The number of imidazole rings is 1. The second kappa shape index (κ2) is 11.1. The average Bonchev–Trinajstić information content (AvgIpc) is 3.30. The van der Waals surface area contributed by atoms with Crippen molar-refractivity contribution in [2.24, 2.45) is 5.41 Å². The zero-order valence-corrected chi connectivity index (χ0v) is 20.6. The van der Waals surface area contributed by atoms with E-state index in [1.165, 1.54) is 5.56 Å². The summed E-state index contributed by atoms with van der Waals surface area (Å²) in [6, 6.07) is 8.20. The largest absolute Gasteiger partial charge is 0.491 e. The number of amides is 2. The second-order valence-corrected chi connectivity index (χ2v) is 10.0. The average molecular weight is 467 g/mol. The van der Waals surface area contributed by atoms with Crippen LogP contribution in [0.1, 0.15) is 69.7 Å². The molecule has 2 aliphatic rings. The minimum Gasteiger partial charge on any atom is -0.491 e. The van der Waals surface area contributed by atoms with Crippen LogP contribution in [0.4, 0.5) is 0 Å². The summed E-state index contributed by atoms with van der Waals surface area (Å²) in [5, 5.41) is 3.13. The first kappa shape index (κ1) is 24.3. The molecule has 2 aromatic rings. The van der Waals surface area contributed by atoms with Crippen LogP contribution in [0.25, 0.3) is 0 Å². The number of carbonyl (C=O) groups is 2. The first-order chi connectivity index (χ1) is 16.5. The summed E-state index contributed by atoms with van der Waals surface area (Å²) in [5.41, 5.74) is 0.851. The van der Waals surface area contributed by atoms with Crippen molar-refractivity contribution >= 4 is 11.8 Å². The molecule has 1 spiro atoms. The summed E-state index contributed by atoms with van der Waals surface area (Å²) in [5.74, 6) is 2.35. The van der Waals surface area contributed by atoms with Gasteiger partial charge in [0.25, 0.3) is 0 Å². The lowest BCUT2D eigenvalue weighted by molar-refractivity contribution is -0.141. The van der Waals surface area contributed by atoms with Crippen LogP contribution >= 0.6 is 0 Å². The quantitative estimate of drug-likeness (QED) is 0.744. The number of ether oxygens (including phenoxy) is 1. The topological polar surface area (TPSA) is 76.5 Å². The summed E-state index contributed by atoms with van der Waals surface area (Å²) in [6.07, 6.45) is 10.1. The number of rotatable bonds is 3. The van der Waals surface area contributed by atoms with Crippen molar-refractivity contribution in [3.63, 3.8) is 0 Å². The minimum absolute atomic E-state index is 0.103. The molecule has 3 heterocycles. The number of benzene rings is 1. The molecule has 1 aromatic heterocycles. The van der Waals surface area contributed by atoms with E-state index < -0.39 is 5.41 Å². The van der Waals surface area contributed by atoms with Crippen molar-refractivity contribution in [1.29, 1.82) is 0 Å². The van der Waals surface area contributed by atoms with Gasteiger partial charge in [-0.2, -0.15) is 0 Å². The molecule has 1 N–H and O–H groups in total. The van der Waals surface area contributed by atoms with Gasteiger partial charge in [0, 0.05) is 31.4 Å². The number of hydrogen-bond donors (Lipinski definition) is 1. The standard InChI is InChI=1S/C27H38N4O3/c1-21(2)25-28-14-18-31(25)20-24(32)30-16-12-27(13-17-30)11-7-3-4-8-22-9-5-6-10-23(22)34-19-15-29-26(27)33/h5-6,9-10,14,18,21H,3-4,7-8,11-13,15-17,19-20H2,1-2H3,(H,29,33).